The first-order valence-corrected chi connectivity index (χ1v) is 8.14. The van der Waals surface area contributed by atoms with Gasteiger partial charge in [-0.15, -0.1) is 0 Å². The first-order chi connectivity index (χ1) is 10.7. The lowest BCUT2D eigenvalue weighted by Gasteiger charge is -2.36. The van der Waals surface area contributed by atoms with Crippen LogP contribution in [0.2, 0.25) is 0 Å². The van der Waals surface area contributed by atoms with Crippen LogP contribution in [-0.2, 0) is 0 Å². The zero-order valence-corrected chi connectivity index (χ0v) is 12.9. The van der Waals surface area contributed by atoms with Crippen molar-refractivity contribution in [3.8, 4) is 0 Å². The Bertz CT molecular complexity index is 550. The first-order valence-electron chi connectivity index (χ1n) is 8.14. The molecule has 0 bridgehead atoms. The lowest BCUT2D eigenvalue weighted by Crippen LogP contribution is -2.49. The highest BCUT2D eigenvalue weighted by Crippen LogP contribution is 2.20. The summed E-state index contributed by atoms with van der Waals surface area (Å²) in [5.41, 5.74) is 0.450. The Kier molecular flexibility index (Phi) is 4.88. The van der Waals surface area contributed by atoms with Crippen LogP contribution in [0.4, 0.5) is 4.39 Å². The number of amides is 1. The number of hydrogen-bond donors (Lipinski definition) is 0. The molecule has 0 N–H and O–H groups in total. The van der Waals surface area contributed by atoms with Crippen LogP contribution >= 0.6 is 0 Å². The summed E-state index contributed by atoms with van der Waals surface area (Å²) in [4.78, 5) is 16.7. The Morgan fingerprint density at radius 3 is 2.68 bits per heavy atom. The van der Waals surface area contributed by atoms with Crippen LogP contribution in [0.1, 0.15) is 29.6 Å². The summed E-state index contributed by atoms with van der Waals surface area (Å²) in [5, 5.41) is 0. The summed E-state index contributed by atoms with van der Waals surface area (Å²) in [6.07, 6.45) is 8.22. The molecule has 0 saturated carbocycles. The van der Waals surface area contributed by atoms with E-state index in [-0.39, 0.29) is 11.7 Å². The Labute approximate surface area is 131 Å². The zero-order valence-electron chi connectivity index (χ0n) is 12.9. The average Bonchev–Trinajstić information content (AvgIpc) is 2.56. The van der Waals surface area contributed by atoms with E-state index in [0.717, 1.165) is 38.6 Å². The maximum atomic E-state index is 13.2. The molecule has 1 aromatic carbocycles. The topological polar surface area (TPSA) is 23.6 Å². The third kappa shape index (κ3) is 3.74. The predicted octanol–water partition coefficient (Wildman–Crippen LogP) is 2.94. The lowest BCUT2D eigenvalue weighted by atomic mass is 9.94. The van der Waals surface area contributed by atoms with E-state index in [2.05, 4.69) is 17.1 Å². The number of piperazine rings is 1. The second kappa shape index (κ2) is 7.05. The second-order valence-electron chi connectivity index (χ2n) is 6.25. The molecule has 1 aromatic rings. The van der Waals surface area contributed by atoms with E-state index in [9.17, 15) is 9.18 Å². The number of benzene rings is 1. The van der Waals surface area contributed by atoms with Gasteiger partial charge in [0.05, 0.1) is 0 Å². The number of rotatable bonds is 3. The molecule has 1 fully saturated rings. The van der Waals surface area contributed by atoms with Crippen LogP contribution in [0.5, 0.6) is 0 Å². The smallest absolute Gasteiger partial charge is 0.254 e. The van der Waals surface area contributed by atoms with E-state index in [4.69, 9.17) is 0 Å². The molecule has 0 radical (unpaired) electrons. The van der Waals surface area contributed by atoms with Crippen molar-refractivity contribution in [2.75, 3.05) is 32.7 Å². The molecule has 1 aliphatic heterocycles. The van der Waals surface area contributed by atoms with Crippen molar-refractivity contribution in [2.24, 2.45) is 5.92 Å². The maximum Gasteiger partial charge on any atom is 0.254 e. The van der Waals surface area contributed by atoms with Crippen LogP contribution in [0, 0.1) is 11.7 Å². The van der Waals surface area contributed by atoms with Crippen molar-refractivity contribution >= 4 is 5.91 Å². The number of allylic oxidation sites excluding steroid dienone is 2. The van der Waals surface area contributed by atoms with Crippen molar-refractivity contribution in [1.82, 2.24) is 9.80 Å². The van der Waals surface area contributed by atoms with Crippen molar-refractivity contribution in [3.05, 3.63) is 47.8 Å². The van der Waals surface area contributed by atoms with Crippen LogP contribution in [0.15, 0.2) is 36.4 Å². The third-order valence-electron chi connectivity index (χ3n) is 4.63. The number of carbonyl (C=O) groups excluding carboxylic acids is 1. The third-order valence-corrected chi connectivity index (χ3v) is 4.63. The van der Waals surface area contributed by atoms with Gasteiger partial charge in [-0.25, -0.2) is 4.39 Å². The largest absolute Gasteiger partial charge is 0.336 e. The SMILES string of the molecule is O=C(c1cccc(F)c1)N1CCN(CC2CC=CCC2)CC1. The fraction of sp³-hybridized carbons (Fsp3) is 0.500. The number of halogens is 1. The highest BCUT2D eigenvalue weighted by atomic mass is 19.1. The monoisotopic (exact) mass is 302 g/mol. The summed E-state index contributed by atoms with van der Waals surface area (Å²) in [7, 11) is 0. The van der Waals surface area contributed by atoms with E-state index >= 15 is 0 Å². The molecular weight excluding hydrogens is 279 g/mol. The number of carbonyl (C=O) groups is 1. The van der Waals surface area contributed by atoms with E-state index in [1.807, 2.05) is 4.90 Å². The van der Waals surface area contributed by atoms with Crippen molar-refractivity contribution in [3.63, 3.8) is 0 Å². The maximum absolute atomic E-state index is 13.2. The van der Waals surface area contributed by atoms with Gasteiger partial charge in [0, 0.05) is 38.3 Å². The predicted molar refractivity (Wildman–Crippen MR) is 85.2 cm³/mol. The minimum Gasteiger partial charge on any atom is -0.336 e. The molecule has 0 aromatic heterocycles. The van der Waals surface area contributed by atoms with Crippen LogP contribution in [0.25, 0.3) is 0 Å². The molecule has 1 aliphatic carbocycles. The quantitative estimate of drug-likeness (QED) is 0.802. The Balaban J connectivity index is 1.51. The van der Waals surface area contributed by atoms with Gasteiger partial charge in [-0.3, -0.25) is 9.69 Å². The summed E-state index contributed by atoms with van der Waals surface area (Å²) in [6.45, 7) is 4.44. The van der Waals surface area contributed by atoms with Crippen LogP contribution in [-0.4, -0.2) is 48.4 Å². The van der Waals surface area contributed by atoms with Gasteiger partial charge in [-0.05, 0) is 43.4 Å². The highest BCUT2D eigenvalue weighted by molar-refractivity contribution is 5.94. The Morgan fingerprint density at radius 2 is 2.00 bits per heavy atom. The molecular formula is C18H23FN2O. The molecule has 1 amide bonds. The minimum atomic E-state index is -0.352. The van der Waals surface area contributed by atoms with Gasteiger partial charge in [0.1, 0.15) is 5.82 Å². The van der Waals surface area contributed by atoms with E-state index in [1.54, 1.807) is 12.1 Å². The molecule has 3 rings (SSSR count). The average molecular weight is 302 g/mol. The molecule has 1 heterocycles. The fourth-order valence-electron chi connectivity index (χ4n) is 3.32. The molecule has 2 aliphatic rings. The first kappa shape index (κ1) is 15.2. The van der Waals surface area contributed by atoms with Gasteiger partial charge in [0.15, 0.2) is 0 Å². The summed E-state index contributed by atoms with van der Waals surface area (Å²) in [6, 6.07) is 5.97. The summed E-state index contributed by atoms with van der Waals surface area (Å²) < 4.78 is 13.2. The Morgan fingerprint density at radius 1 is 1.18 bits per heavy atom. The molecule has 3 nitrogen and oxygen atoms in total. The lowest BCUT2D eigenvalue weighted by molar-refractivity contribution is 0.0614. The fourth-order valence-corrected chi connectivity index (χ4v) is 3.32. The molecule has 1 saturated heterocycles. The molecule has 1 unspecified atom stereocenters. The van der Waals surface area contributed by atoms with Gasteiger partial charge in [-0.2, -0.15) is 0 Å². The van der Waals surface area contributed by atoms with Gasteiger partial charge in [-0.1, -0.05) is 18.2 Å². The molecule has 1 atom stereocenters. The van der Waals surface area contributed by atoms with E-state index in [1.165, 1.54) is 31.4 Å². The molecule has 0 spiro atoms. The van der Waals surface area contributed by atoms with E-state index < -0.39 is 0 Å². The van der Waals surface area contributed by atoms with Crippen LogP contribution < -0.4 is 0 Å². The summed E-state index contributed by atoms with van der Waals surface area (Å²) >= 11 is 0. The van der Waals surface area contributed by atoms with Gasteiger partial charge < -0.3 is 4.90 Å². The van der Waals surface area contributed by atoms with Crippen molar-refractivity contribution < 1.29 is 9.18 Å². The molecule has 118 valence electrons. The van der Waals surface area contributed by atoms with Crippen molar-refractivity contribution in [2.45, 2.75) is 19.3 Å². The molecule has 22 heavy (non-hydrogen) atoms. The van der Waals surface area contributed by atoms with Crippen LogP contribution in [0.3, 0.4) is 0 Å². The summed E-state index contributed by atoms with van der Waals surface area (Å²) in [5.74, 6) is 0.352. The van der Waals surface area contributed by atoms with Gasteiger partial charge in [0.2, 0.25) is 0 Å². The van der Waals surface area contributed by atoms with Crippen molar-refractivity contribution in [1.29, 1.82) is 0 Å². The number of hydrogen-bond acceptors (Lipinski definition) is 2. The number of nitrogens with zero attached hydrogens (tertiary/aromatic N) is 2. The van der Waals surface area contributed by atoms with Gasteiger partial charge in [0.25, 0.3) is 5.91 Å². The molecule has 4 heteroatoms. The highest BCUT2D eigenvalue weighted by Gasteiger charge is 2.24. The minimum absolute atomic E-state index is 0.0558. The van der Waals surface area contributed by atoms with E-state index in [0.29, 0.717) is 5.56 Å². The second-order valence-corrected chi connectivity index (χ2v) is 6.25. The Hall–Kier alpha value is -1.68. The normalized spacial score (nSPS) is 22.8. The zero-order chi connectivity index (χ0) is 15.4. The standard InChI is InChI=1S/C18H23FN2O/c19-17-8-4-7-16(13-17)18(22)21-11-9-20(10-12-21)14-15-5-2-1-3-6-15/h1-2,4,7-8,13,15H,3,5-6,9-12,14H2. The van der Waals surface area contributed by atoms with Gasteiger partial charge >= 0.3 is 0 Å².